The Balaban J connectivity index is 1.77. The van der Waals surface area contributed by atoms with Crippen LogP contribution in [0, 0.1) is 12.8 Å². The van der Waals surface area contributed by atoms with Crippen LogP contribution < -0.4 is 5.32 Å². The van der Waals surface area contributed by atoms with Crippen LogP contribution in [0.2, 0.25) is 0 Å². The lowest BCUT2D eigenvalue weighted by molar-refractivity contribution is 0.362. The van der Waals surface area contributed by atoms with Gasteiger partial charge in [0.05, 0.1) is 6.54 Å². The van der Waals surface area contributed by atoms with Gasteiger partial charge < -0.3 is 9.84 Å². The molecule has 84 valence electrons. The summed E-state index contributed by atoms with van der Waals surface area (Å²) in [6.45, 7) is 4.79. The van der Waals surface area contributed by atoms with Crippen LogP contribution in [0.4, 0.5) is 0 Å². The first-order valence-electron chi connectivity index (χ1n) is 5.78. The lowest BCUT2D eigenvalue weighted by Crippen LogP contribution is -2.32. The van der Waals surface area contributed by atoms with Crippen LogP contribution in [0.15, 0.2) is 4.52 Å². The van der Waals surface area contributed by atoms with Crippen molar-refractivity contribution in [1.82, 2.24) is 15.5 Å². The summed E-state index contributed by atoms with van der Waals surface area (Å²) in [6.07, 6.45) is 5.49. The highest BCUT2D eigenvalue weighted by molar-refractivity contribution is 4.85. The molecule has 1 atom stereocenters. The van der Waals surface area contributed by atoms with Gasteiger partial charge in [0.1, 0.15) is 0 Å². The molecule has 4 heteroatoms. The largest absolute Gasteiger partial charge is 0.340 e. The minimum Gasteiger partial charge on any atom is -0.340 e. The Morgan fingerprint density at radius 1 is 1.47 bits per heavy atom. The van der Waals surface area contributed by atoms with Gasteiger partial charge in [-0.3, -0.25) is 0 Å². The maximum absolute atomic E-state index is 4.92. The molecule has 0 radical (unpaired) electrons. The summed E-state index contributed by atoms with van der Waals surface area (Å²) in [7, 11) is 0. The summed E-state index contributed by atoms with van der Waals surface area (Å²) in [6, 6.07) is 0.561. The molecule has 1 aromatic heterocycles. The van der Waals surface area contributed by atoms with Crippen molar-refractivity contribution in [2.24, 2.45) is 5.92 Å². The Morgan fingerprint density at radius 3 is 2.80 bits per heavy atom. The van der Waals surface area contributed by atoms with Crippen molar-refractivity contribution in [2.75, 3.05) is 0 Å². The summed E-state index contributed by atoms with van der Waals surface area (Å²) in [5.41, 5.74) is 0. The Kier molecular flexibility index (Phi) is 3.36. The monoisotopic (exact) mass is 209 g/mol. The highest BCUT2D eigenvalue weighted by atomic mass is 16.5. The average molecular weight is 209 g/mol. The van der Waals surface area contributed by atoms with Crippen LogP contribution >= 0.6 is 0 Å². The quantitative estimate of drug-likeness (QED) is 0.824. The number of hydrogen-bond acceptors (Lipinski definition) is 4. The molecule has 1 aliphatic carbocycles. The SMILES string of the molecule is Cc1nc(CNC(C)C2CCCC2)no1. The van der Waals surface area contributed by atoms with Gasteiger partial charge in [0.25, 0.3) is 0 Å². The second-order valence-corrected chi connectivity index (χ2v) is 4.44. The number of rotatable bonds is 4. The molecule has 0 bridgehead atoms. The second-order valence-electron chi connectivity index (χ2n) is 4.44. The van der Waals surface area contributed by atoms with E-state index < -0.39 is 0 Å². The maximum atomic E-state index is 4.92. The van der Waals surface area contributed by atoms with Gasteiger partial charge in [0.15, 0.2) is 5.82 Å². The fourth-order valence-electron chi connectivity index (χ4n) is 2.29. The van der Waals surface area contributed by atoms with Crippen molar-refractivity contribution in [3.63, 3.8) is 0 Å². The Morgan fingerprint density at radius 2 is 2.20 bits per heavy atom. The highest BCUT2D eigenvalue weighted by Crippen LogP contribution is 2.27. The lowest BCUT2D eigenvalue weighted by Gasteiger charge is -2.19. The van der Waals surface area contributed by atoms with Crippen molar-refractivity contribution in [3.05, 3.63) is 11.7 Å². The minimum atomic E-state index is 0.561. The van der Waals surface area contributed by atoms with Crippen LogP contribution in [0.5, 0.6) is 0 Å². The van der Waals surface area contributed by atoms with Gasteiger partial charge in [-0.05, 0) is 25.7 Å². The van der Waals surface area contributed by atoms with Gasteiger partial charge >= 0.3 is 0 Å². The van der Waals surface area contributed by atoms with E-state index >= 15 is 0 Å². The summed E-state index contributed by atoms with van der Waals surface area (Å²) in [4.78, 5) is 4.17. The van der Waals surface area contributed by atoms with Crippen molar-refractivity contribution in [1.29, 1.82) is 0 Å². The fourth-order valence-corrected chi connectivity index (χ4v) is 2.29. The number of nitrogens with one attached hydrogen (secondary N) is 1. The first kappa shape index (κ1) is 10.6. The predicted octanol–water partition coefficient (Wildman–Crippen LogP) is 2.05. The van der Waals surface area contributed by atoms with Crippen LogP contribution in [0.3, 0.4) is 0 Å². The van der Waals surface area contributed by atoms with Crippen LogP contribution in [0.25, 0.3) is 0 Å². The average Bonchev–Trinajstić information content (AvgIpc) is 2.84. The summed E-state index contributed by atoms with van der Waals surface area (Å²) >= 11 is 0. The van der Waals surface area contributed by atoms with Gasteiger partial charge in [0.2, 0.25) is 5.89 Å². The van der Waals surface area contributed by atoms with E-state index in [1.165, 1.54) is 25.7 Å². The van der Waals surface area contributed by atoms with Gasteiger partial charge in [0, 0.05) is 13.0 Å². The van der Waals surface area contributed by atoms with Crippen molar-refractivity contribution in [2.45, 2.75) is 52.1 Å². The zero-order valence-electron chi connectivity index (χ0n) is 9.49. The molecule has 0 aliphatic heterocycles. The van der Waals surface area contributed by atoms with Gasteiger partial charge in [-0.1, -0.05) is 18.0 Å². The molecule has 4 nitrogen and oxygen atoms in total. The smallest absolute Gasteiger partial charge is 0.223 e. The normalized spacial score (nSPS) is 19.6. The molecular weight excluding hydrogens is 190 g/mol. The standard InChI is InChI=1S/C11H19N3O/c1-8(10-5-3-4-6-10)12-7-11-13-9(2)15-14-11/h8,10,12H,3-7H2,1-2H3. The summed E-state index contributed by atoms with van der Waals surface area (Å²) in [5, 5.41) is 7.33. The van der Waals surface area contributed by atoms with Gasteiger partial charge in [-0.15, -0.1) is 0 Å². The third kappa shape index (κ3) is 2.78. The number of aromatic nitrogens is 2. The number of aryl methyl sites for hydroxylation is 1. The molecule has 1 unspecified atom stereocenters. The van der Waals surface area contributed by atoms with Crippen molar-refractivity contribution < 1.29 is 4.52 Å². The molecule has 1 heterocycles. The molecule has 1 aromatic rings. The predicted molar refractivity (Wildman–Crippen MR) is 57.3 cm³/mol. The summed E-state index contributed by atoms with van der Waals surface area (Å²) < 4.78 is 4.92. The molecule has 1 fully saturated rings. The van der Waals surface area contributed by atoms with E-state index in [-0.39, 0.29) is 0 Å². The maximum Gasteiger partial charge on any atom is 0.223 e. The molecular formula is C11H19N3O. The Hall–Kier alpha value is -0.900. The number of hydrogen-bond donors (Lipinski definition) is 1. The molecule has 1 N–H and O–H groups in total. The van der Waals surface area contributed by atoms with E-state index in [9.17, 15) is 0 Å². The van der Waals surface area contributed by atoms with Gasteiger partial charge in [-0.2, -0.15) is 4.98 Å². The molecule has 2 rings (SSSR count). The van der Waals surface area contributed by atoms with Crippen LogP contribution in [-0.4, -0.2) is 16.2 Å². The molecule has 1 saturated carbocycles. The molecule has 0 amide bonds. The molecule has 0 saturated heterocycles. The van der Waals surface area contributed by atoms with E-state index in [1.54, 1.807) is 0 Å². The van der Waals surface area contributed by atoms with E-state index in [0.29, 0.717) is 11.9 Å². The second kappa shape index (κ2) is 4.75. The molecule has 15 heavy (non-hydrogen) atoms. The van der Waals surface area contributed by atoms with E-state index in [1.807, 2.05) is 6.92 Å². The van der Waals surface area contributed by atoms with Gasteiger partial charge in [-0.25, -0.2) is 0 Å². The van der Waals surface area contributed by atoms with Crippen LogP contribution in [0.1, 0.15) is 44.3 Å². The Labute approximate surface area is 90.4 Å². The van der Waals surface area contributed by atoms with E-state index in [2.05, 4.69) is 22.4 Å². The lowest BCUT2D eigenvalue weighted by atomic mass is 10.00. The van der Waals surface area contributed by atoms with Crippen LogP contribution in [-0.2, 0) is 6.54 Å². The third-order valence-electron chi connectivity index (χ3n) is 3.26. The first-order chi connectivity index (χ1) is 7.25. The fraction of sp³-hybridized carbons (Fsp3) is 0.818. The topological polar surface area (TPSA) is 51.0 Å². The molecule has 0 spiro atoms. The zero-order chi connectivity index (χ0) is 10.7. The zero-order valence-corrected chi connectivity index (χ0v) is 9.49. The number of nitrogens with zero attached hydrogens (tertiary/aromatic N) is 2. The summed E-state index contributed by atoms with van der Waals surface area (Å²) in [5.74, 6) is 2.23. The first-order valence-corrected chi connectivity index (χ1v) is 5.78. The van der Waals surface area contributed by atoms with Crippen molar-refractivity contribution in [3.8, 4) is 0 Å². The minimum absolute atomic E-state index is 0.561. The molecule has 1 aliphatic rings. The van der Waals surface area contributed by atoms with Crippen molar-refractivity contribution >= 4 is 0 Å². The molecule has 0 aromatic carbocycles. The highest BCUT2D eigenvalue weighted by Gasteiger charge is 2.21. The Bertz CT molecular complexity index is 305. The van der Waals surface area contributed by atoms with E-state index in [0.717, 1.165) is 18.3 Å². The third-order valence-corrected chi connectivity index (χ3v) is 3.26. The van der Waals surface area contributed by atoms with E-state index in [4.69, 9.17) is 4.52 Å².